The maximum atomic E-state index is 11.9. The summed E-state index contributed by atoms with van der Waals surface area (Å²) in [7, 11) is 1.64. The number of para-hydroxylation sites is 1. The summed E-state index contributed by atoms with van der Waals surface area (Å²) in [6.07, 6.45) is 5.33. The molecule has 0 unspecified atom stereocenters. The second-order valence-corrected chi connectivity index (χ2v) is 7.65. The van der Waals surface area contributed by atoms with Crippen molar-refractivity contribution in [3.63, 3.8) is 0 Å². The van der Waals surface area contributed by atoms with Gasteiger partial charge in [0.25, 0.3) is 5.91 Å². The maximum Gasteiger partial charge on any atom is 0.277 e. The van der Waals surface area contributed by atoms with Crippen molar-refractivity contribution in [3.8, 4) is 11.5 Å². The maximum absolute atomic E-state index is 11.9. The number of rotatable bonds is 7. The van der Waals surface area contributed by atoms with Gasteiger partial charge in [0, 0.05) is 30.4 Å². The summed E-state index contributed by atoms with van der Waals surface area (Å²) in [5.41, 5.74) is 4.45. The lowest BCUT2D eigenvalue weighted by atomic mass is 10.1. The number of hydrazone groups is 1. The number of anilines is 1. The van der Waals surface area contributed by atoms with Gasteiger partial charge in [-0.3, -0.25) is 4.79 Å². The Labute approximate surface area is 179 Å². The third-order valence-electron chi connectivity index (χ3n) is 4.53. The van der Waals surface area contributed by atoms with E-state index in [1.165, 1.54) is 19.3 Å². The van der Waals surface area contributed by atoms with Crippen LogP contribution in [-0.4, -0.2) is 38.9 Å². The third kappa shape index (κ3) is 5.60. The average molecular weight is 493 g/mol. The number of methoxy groups -OCH3 is 1. The summed E-state index contributed by atoms with van der Waals surface area (Å²) in [6, 6.07) is 13.6. The molecule has 7 heteroatoms. The Morgan fingerprint density at radius 2 is 1.96 bits per heavy atom. The van der Waals surface area contributed by atoms with E-state index in [-0.39, 0.29) is 12.5 Å². The van der Waals surface area contributed by atoms with Crippen LogP contribution in [0.1, 0.15) is 24.8 Å². The Kier molecular flexibility index (Phi) is 7.53. The fourth-order valence-electron chi connectivity index (χ4n) is 3.07. The zero-order chi connectivity index (χ0) is 19.8. The van der Waals surface area contributed by atoms with Gasteiger partial charge in [-0.1, -0.05) is 12.1 Å². The minimum Gasteiger partial charge on any atom is -0.496 e. The Balaban J connectivity index is 1.55. The lowest BCUT2D eigenvalue weighted by Gasteiger charge is -2.29. The number of nitrogens with zero attached hydrogens (tertiary/aromatic N) is 2. The van der Waals surface area contributed by atoms with E-state index < -0.39 is 0 Å². The first-order valence-electron chi connectivity index (χ1n) is 9.29. The Morgan fingerprint density at radius 1 is 1.18 bits per heavy atom. The molecule has 28 heavy (non-hydrogen) atoms. The van der Waals surface area contributed by atoms with E-state index in [2.05, 4.69) is 44.1 Å². The molecular weight excluding hydrogens is 469 g/mol. The van der Waals surface area contributed by atoms with Crippen LogP contribution in [0.25, 0.3) is 0 Å². The highest BCUT2D eigenvalue weighted by atomic mass is 127. The second kappa shape index (κ2) is 10.3. The largest absolute Gasteiger partial charge is 0.496 e. The first kappa shape index (κ1) is 20.4. The van der Waals surface area contributed by atoms with Crippen LogP contribution in [0, 0.1) is 3.57 Å². The molecule has 1 aliphatic heterocycles. The van der Waals surface area contributed by atoms with Crippen LogP contribution in [0.5, 0.6) is 11.5 Å². The van der Waals surface area contributed by atoms with E-state index in [0.29, 0.717) is 5.75 Å². The summed E-state index contributed by atoms with van der Waals surface area (Å²) in [6.45, 7) is 2.06. The molecule has 1 saturated heterocycles. The van der Waals surface area contributed by atoms with E-state index in [1.807, 2.05) is 36.4 Å². The van der Waals surface area contributed by atoms with Gasteiger partial charge in [-0.05, 0) is 66.1 Å². The van der Waals surface area contributed by atoms with E-state index in [1.54, 1.807) is 13.3 Å². The van der Waals surface area contributed by atoms with E-state index >= 15 is 0 Å². The number of piperidine rings is 1. The molecule has 1 aliphatic rings. The summed E-state index contributed by atoms with van der Waals surface area (Å²) in [5, 5.41) is 4.03. The topological polar surface area (TPSA) is 63.2 Å². The SMILES string of the molecule is COc1cc(N2CCCCC2)ccc1/C=N/NC(=O)COc1ccccc1I. The van der Waals surface area contributed by atoms with Gasteiger partial charge in [-0.15, -0.1) is 0 Å². The zero-order valence-corrected chi connectivity index (χ0v) is 18.0. The molecule has 1 N–H and O–H groups in total. The van der Waals surface area contributed by atoms with Crippen LogP contribution < -0.4 is 19.8 Å². The van der Waals surface area contributed by atoms with Crippen molar-refractivity contribution < 1.29 is 14.3 Å². The van der Waals surface area contributed by atoms with Crippen LogP contribution in [-0.2, 0) is 4.79 Å². The van der Waals surface area contributed by atoms with Crippen LogP contribution in [0.3, 0.4) is 0 Å². The number of hydrogen-bond acceptors (Lipinski definition) is 5. The molecule has 0 radical (unpaired) electrons. The summed E-state index contributed by atoms with van der Waals surface area (Å²) >= 11 is 2.17. The van der Waals surface area contributed by atoms with Crippen molar-refractivity contribution in [2.75, 3.05) is 31.7 Å². The molecule has 1 amide bonds. The fraction of sp³-hybridized carbons (Fsp3) is 0.333. The van der Waals surface area contributed by atoms with Gasteiger partial charge in [0.15, 0.2) is 6.61 Å². The molecule has 6 nitrogen and oxygen atoms in total. The van der Waals surface area contributed by atoms with Crippen LogP contribution in [0.15, 0.2) is 47.6 Å². The number of benzene rings is 2. The molecule has 2 aromatic rings. The Morgan fingerprint density at radius 3 is 2.71 bits per heavy atom. The quantitative estimate of drug-likeness (QED) is 0.362. The highest BCUT2D eigenvalue weighted by Gasteiger charge is 2.13. The van der Waals surface area contributed by atoms with E-state index in [4.69, 9.17) is 9.47 Å². The number of amides is 1. The number of nitrogens with one attached hydrogen (secondary N) is 1. The van der Waals surface area contributed by atoms with Gasteiger partial charge >= 0.3 is 0 Å². The second-order valence-electron chi connectivity index (χ2n) is 6.49. The van der Waals surface area contributed by atoms with Crippen molar-refractivity contribution in [1.29, 1.82) is 0 Å². The molecule has 3 rings (SSSR count). The summed E-state index contributed by atoms with van der Waals surface area (Å²) in [5.74, 6) is 1.09. The van der Waals surface area contributed by atoms with Crippen molar-refractivity contribution in [2.24, 2.45) is 5.10 Å². The zero-order valence-electron chi connectivity index (χ0n) is 15.9. The first-order chi connectivity index (χ1) is 13.7. The molecule has 0 aliphatic carbocycles. The standard InChI is InChI=1S/C21H24IN3O3/c1-27-20-13-17(25-11-5-2-6-12-25)10-9-16(20)14-23-24-21(26)15-28-19-8-4-3-7-18(19)22/h3-4,7-10,13-14H,2,5-6,11-12,15H2,1H3,(H,24,26)/b23-14+. The molecule has 1 fully saturated rings. The molecule has 0 atom stereocenters. The molecule has 0 saturated carbocycles. The molecule has 0 spiro atoms. The molecule has 0 bridgehead atoms. The van der Waals surface area contributed by atoms with E-state index in [0.717, 1.165) is 33.7 Å². The van der Waals surface area contributed by atoms with Gasteiger partial charge in [0.2, 0.25) is 0 Å². The van der Waals surface area contributed by atoms with Crippen LogP contribution >= 0.6 is 22.6 Å². The van der Waals surface area contributed by atoms with Crippen molar-refractivity contribution in [2.45, 2.75) is 19.3 Å². The molecule has 0 aromatic heterocycles. The number of carbonyl (C=O) groups is 1. The third-order valence-corrected chi connectivity index (χ3v) is 5.42. The van der Waals surface area contributed by atoms with Gasteiger partial charge in [-0.25, -0.2) is 5.43 Å². The molecule has 2 aromatic carbocycles. The van der Waals surface area contributed by atoms with Gasteiger partial charge in [0.1, 0.15) is 11.5 Å². The minimum absolute atomic E-state index is 0.0949. The fourth-order valence-corrected chi connectivity index (χ4v) is 3.61. The summed E-state index contributed by atoms with van der Waals surface area (Å²) < 4.78 is 12.0. The summed E-state index contributed by atoms with van der Waals surface area (Å²) in [4.78, 5) is 14.3. The normalized spacial score (nSPS) is 14.1. The minimum atomic E-state index is -0.320. The van der Waals surface area contributed by atoms with E-state index in [9.17, 15) is 4.79 Å². The van der Waals surface area contributed by atoms with Gasteiger partial charge < -0.3 is 14.4 Å². The number of hydrogen-bond donors (Lipinski definition) is 1. The lowest BCUT2D eigenvalue weighted by molar-refractivity contribution is -0.123. The predicted octanol–water partition coefficient (Wildman–Crippen LogP) is 3.82. The van der Waals surface area contributed by atoms with Crippen LogP contribution in [0.4, 0.5) is 5.69 Å². The molecule has 1 heterocycles. The lowest BCUT2D eigenvalue weighted by Crippen LogP contribution is -2.29. The number of carbonyl (C=O) groups excluding carboxylic acids is 1. The first-order valence-corrected chi connectivity index (χ1v) is 10.4. The predicted molar refractivity (Wildman–Crippen MR) is 119 cm³/mol. The van der Waals surface area contributed by atoms with Gasteiger partial charge in [-0.2, -0.15) is 5.10 Å². The van der Waals surface area contributed by atoms with Crippen molar-refractivity contribution in [3.05, 3.63) is 51.6 Å². The number of halogens is 1. The smallest absolute Gasteiger partial charge is 0.277 e. The Hall–Kier alpha value is -2.29. The van der Waals surface area contributed by atoms with Crippen LogP contribution in [0.2, 0.25) is 0 Å². The van der Waals surface area contributed by atoms with Crippen molar-refractivity contribution in [1.82, 2.24) is 5.43 Å². The highest BCUT2D eigenvalue weighted by molar-refractivity contribution is 14.1. The Bertz CT molecular complexity index is 835. The number of ether oxygens (including phenoxy) is 2. The monoisotopic (exact) mass is 493 g/mol. The molecule has 148 valence electrons. The highest BCUT2D eigenvalue weighted by Crippen LogP contribution is 2.26. The van der Waals surface area contributed by atoms with Crippen molar-refractivity contribution >= 4 is 40.4 Å². The van der Waals surface area contributed by atoms with Gasteiger partial charge in [0.05, 0.1) is 16.9 Å². The average Bonchev–Trinajstić information content (AvgIpc) is 2.74. The molecular formula is C21H24IN3O3.